The molecule has 0 aliphatic heterocycles. The largest absolute Gasteiger partial charge is 0.142 e. The maximum Gasteiger partial charge on any atom is 0.0527 e. The monoisotopic (exact) mass is 133 g/mol. The zero-order valence-corrected chi connectivity index (χ0v) is 5.61. The van der Waals surface area contributed by atoms with Crippen LogP contribution in [0.25, 0.3) is 10.8 Å². The molecule has 0 unspecified atom stereocenters. The molecule has 0 saturated carbocycles. The van der Waals surface area contributed by atoms with E-state index < -0.39 is 0 Å². The smallest absolute Gasteiger partial charge is 0.0527 e. The molecule has 0 aliphatic rings. The van der Waals surface area contributed by atoms with Crippen molar-refractivity contribution in [1.29, 1.82) is 0 Å². The summed E-state index contributed by atoms with van der Waals surface area (Å²) in [6, 6.07) is 8.25. The van der Waals surface area contributed by atoms with E-state index in [9.17, 15) is 0 Å². The van der Waals surface area contributed by atoms with Gasteiger partial charge >= 0.3 is 0 Å². The lowest BCUT2D eigenvalue weighted by Crippen LogP contribution is -1.57. The van der Waals surface area contributed by atoms with Gasteiger partial charge in [-0.1, -0.05) is 24.3 Å². The maximum atomic E-state index is 3.16. The van der Waals surface area contributed by atoms with E-state index in [4.69, 9.17) is 0 Å². The van der Waals surface area contributed by atoms with Crippen molar-refractivity contribution in [3.8, 4) is 0 Å². The van der Waals surface area contributed by atoms with Crippen LogP contribution in [-0.2, 0) is 0 Å². The summed E-state index contributed by atoms with van der Waals surface area (Å²) in [5.41, 5.74) is 0. The fraction of sp³-hybridized carbons (Fsp3) is 0. The van der Waals surface area contributed by atoms with Crippen molar-refractivity contribution in [2.75, 3.05) is 0 Å². The molecule has 0 bridgehead atoms. The summed E-state index contributed by atoms with van der Waals surface area (Å²) >= 11 is 1.63. The van der Waals surface area contributed by atoms with Crippen molar-refractivity contribution < 1.29 is 0 Å². The SMILES string of the molecule is [c]1scc2ccccc12. The van der Waals surface area contributed by atoms with Gasteiger partial charge in [0.05, 0.1) is 5.38 Å². The molecule has 0 fully saturated rings. The van der Waals surface area contributed by atoms with Crippen LogP contribution in [-0.4, -0.2) is 0 Å². The van der Waals surface area contributed by atoms with Crippen LogP contribution in [0.2, 0.25) is 0 Å². The summed E-state index contributed by atoms with van der Waals surface area (Å²) < 4.78 is 0. The zero-order chi connectivity index (χ0) is 6.10. The number of rotatable bonds is 0. The van der Waals surface area contributed by atoms with E-state index in [0.29, 0.717) is 0 Å². The maximum absolute atomic E-state index is 3.16. The third-order valence-electron chi connectivity index (χ3n) is 1.32. The van der Waals surface area contributed by atoms with Crippen LogP contribution in [0.5, 0.6) is 0 Å². The van der Waals surface area contributed by atoms with E-state index in [1.54, 1.807) is 11.3 Å². The Kier molecular flexibility index (Phi) is 1.03. The summed E-state index contributed by atoms with van der Waals surface area (Å²) in [7, 11) is 0. The molecule has 43 valence electrons. The lowest BCUT2D eigenvalue weighted by atomic mass is 10.2. The van der Waals surface area contributed by atoms with Crippen molar-refractivity contribution in [2.45, 2.75) is 0 Å². The highest BCUT2D eigenvalue weighted by atomic mass is 32.1. The first-order valence-corrected chi connectivity index (χ1v) is 3.69. The number of fused-ring (bicyclic) bond motifs is 1. The van der Waals surface area contributed by atoms with Crippen LogP contribution in [0, 0.1) is 5.38 Å². The van der Waals surface area contributed by atoms with E-state index in [2.05, 4.69) is 22.9 Å². The average Bonchev–Trinajstić information content (AvgIpc) is 2.33. The predicted octanol–water partition coefficient (Wildman–Crippen LogP) is 2.70. The molecule has 0 N–H and O–H groups in total. The zero-order valence-electron chi connectivity index (χ0n) is 4.79. The highest BCUT2D eigenvalue weighted by Crippen LogP contribution is 2.16. The summed E-state index contributed by atoms with van der Waals surface area (Å²) in [6.45, 7) is 0. The molecule has 1 aromatic heterocycles. The van der Waals surface area contributed by atoms with Crippen molar-refractivity contribution in [1.82, 2.24) is 0 Å². The van der Waals surface area contributed by atoms with E-state index in [0.717, 1.165) is 0 Å². The van der Waals surface area contributed by atoms with E-state index in [1.807, 2.05) is 12.1 Å². The van der Waals surface area contributed by atoms with Crippen LogP contribution in [0.1, 0.15) is 0 Å². The predicted molar refractivity (Wildman–Crippen MR) is 40.7 cm³/mol. The van der Waals surface area contributed by atoms with Crippen molar-refractivity contribution in [3.05, 3.63) is 35.0 Å². The molecule has 0 amide bonds. The second-order valence-electron chi connectivity index (χ2n) is 1.93. The summed E-state index contributed by atoms with van der Waals surface area (Å²) in [5.74, 6) is 0. The second-order valence-corrected chi connectivity index (χ2v) is 2.60. The van der Waals surface area contributed by atoms with Crippen LogP contribution < -0.4 is 0 Å². The van der Waals surface area contributed by atoms with Gasteiger partial charge in [-0.05, 0) is 10.8 Å². The third-order valence-corrected chi connectivity index (χ3v) is 2.03. The lowest BCUT2D eigenvalue weighted by Gasteiger charge is -1.81. The number of hydrogen-bond donors (Lipinski definition) is 0. The van der Waals surface area contributed by atoms with Gasteiger partial charge in [0, 0.05) is 5.39 Å². The van der Waals surface area contributed by atoms with Gasteiger partial charge in [0.25, 0.3) is 0 Å². The Morgan fingerprint density at radius 2 is 2.11 bits per heavy atom. The fourth-order valence-corrected chi connectivity index (χ4v) is 1.55. The summed E-state index contributed by atoms with van der Waals surface area (Å²) in [5, 5.41) is 7.79. The lowest BCUT2D eigenvalue weighted by molar-refractivity contribution is 1.84. The number of hydrogen-bond acceptors (Lipinski definition) is 1. The standard InChI is InChI=1S/C8H5S/c1-2-4-8-6-9-5-7(8)3-1/h1-5H. The van der Waals surface area contributed by atoms with Gasteiger partial charge in [0.1, 0.15) is 0 Å². The molecule has 1 heterocycles. The Morgan fingerprint density at radius 3 is 3.00 bits per heavy atom. The van der Waals surface area contributed by atoms with Gasteiger partial charge in [-0.25, -0.2) is 0 Å². The fourth-order valence-electron chi connectivity index (χ4n) is 0.849. The van der Waals surface area contributed by atoms with Gasteiger partial charge in [0.15, 0.2) is 0 Å². The normalized spacial score (nSPS) is 10.2. The minimum atomic E-state index is 1.22. The average molecular weight is 133 g/mol. The Balaban J connectivity index is 2.95. The van der Waals surface area contributed by atoms with Crippen molar-refractivity contribution >= 4 is 22.1 Å². The molecule has 1 heteroatoms. The van der Waals surface area contributed by atoms with Crippen LogP contribution in [0.4, 0.5) is 0 Å². The molecule has 1 radical (unpaired) electrons. The first-order valence-electron chi connectivity index (χ1n) is 2.81. The molecule has 9 heavy (non-hydrogen) atoms. The van der Waals surface area contributed by atoms with Gasteiger partial charge in [-0.2, -0.15) is 0 Å². The molecule has 1 aromatic carbocycles. The van der Waals surface area contributed by atoms with Gasteiger partial charge < -0.3 is 0 Å². The highest BCUT2D eigenvalue weighted by molar-refractivity contribution is 7.08. The van der Waals surface area contributed by atoms with Crippen LogP contribution in [0.3, 0.4) is 0 Å². The molecule has 2 aromatic rings. The second kappa shape index (κ2) is 1.85. The molecule has 0 atom stereocenters. The summed E-state index contributed by atoms with van der Waals surface area (Å²) in [6.07, 6.45) is 0. The van der Waals surface area contributed by atoms with Gasteiger partial charge in [0.2, 0.25) is 0 Å². The molecular weight excluding hydrogens is 128 g/mol. The van der Waals surface area contributed by atoms with E-state index in [-0.39, 0.29) is 0 Å². The van der Waals surface area contributed by atoms with Crippen LogP contribution in [0.15, 0.2) is 29.6 Å². The topological polar surface area (TPSA) is 0 Å². The Morgan fingerprint density at radius 1 is 1.22 bits per heavy atom. The molecule has 2 rings (SSSR count). The summed E-state index contributed by atoms with van der Waals surface area (Å²) in [4.78, 5) is 0. The molecule has 0 nitrogen and oxygen atoms in total. The third kappa shape index (κ3) is 0.736. The van der Waals surface area contributed by atoms with Gasteiger partial charge in [-0.15, -0.1) is 11.3 Å². The van der Waals surface area contributed by atoms with Crippen LogP contribution >= 0.6 is 11.3 Å². The Hall–Kier alpha value is -0.820. The number of thiophene rings is 1. The highest BCUT2D eigenvalue weighted by Gasteiger charge is 1.88. The first kappa shape index (κ1) is 5.00. The Labute approximate surface area is 57.8 Å². The minimum Gasteiger partial charge on any atom is -0.142 e. The molecule has 0 saturated heterocycles. The van der Waals surface area contributed by atoms with E-state index >= 15 is 0 Å². The van der Waals surface area contributed by atoms with Gasteiger partial charge in [-0.3, -0.25) is 0 Å². The molecule has 0 aliphatic carbocycles. The quantitative estimate of drug-likeness (QED) is 0.518. The molecular formula is C8H5S. The molecule has 0 spiro atoms. The van der Waals surface area contributed by atoms with Crippen molar-refractivity contribution in [3.63, 3.8) is 0 Å². The first-order chi connectivity index (χ1) is 4.47. The van der Waals surface area contributed by atoms with Crippen molar-refractivity contribution in [2.24, 2.45) is 0 Å². The number of benzene rings is 1. The Bertz CT molecular complexity index is 279. The van der Waals surface area contributed by atoms with E-state index in [1.165, 1.54) is 10.8 Å². The minimum absolute atomic E-state index is 1.22.